The maximum absolute atomic E-state index is 14.2. The van der Waals surface area contributed by atoms with Crippen molar-refractivity contribution < 1.29 is 26.7 Å². The summed E-state index contributed by atoms with van der Waals surface area (Å²) in [6.07, 6.45) is 6.79. The van der Waals surface area contributed by atoms with E-state index in [9.17, 15) is 9.59 Å². The number of Topliss-reactive ketones (excluding diaryl/α,β-unsaturated/α-hetero) is 2. The zero-order valence-corrected chi connectivity index (χ0v) is 34.4. The molecule has 0 fully saturated rings. The Morgan fingerprint density at radius 1 is 0.537 bits per heavy atom. The number of allylic oxidation sites excluding steroid dienone is 4. The van der Waals surface area contributed by atoms with E-state index in [1.165, 1.54) is 40.3 Å². The van der Waals surface area contributed by atoms with Crippen LogP contribution in [0, 0.1) is 5.92 Å². The summed E-state index contributed by atoms with van der Waals surface area (Å²) in [6.45, 7) is 19.1. The van der Waals surface area contributed by atoms with Gasteiger partial charge in [-0.1, -0.05) is 126 Å². The summed E-state index contributed by atoms with van der Waals surface area (Å²) >= 11 is 0. The number of carbonyl (C=O) groups is 2. The Kier molecular flexibility index (Phi) is 13.2. The average molecular weight is 771 g/mol. The predicted octanol–water partition coefficient (Wildman–Crippen LogP) is 10.9. The predicted molar refractivity (Wildman–Crippen MR) is 220 cm³/mol. The van der Waals surface area contributed by atoms with Gasteiger partial charge in [0.05, 0.1) is 28.7 Å². The number of ketones is 2. The fraction of sp³-hybridized carbons (Fsp3) is 0.404. The second kappa shape index (κ2) is 17.4. The summed E-state index contributed by atoms with van der Waals surface area (Å²) in [6, 6.07) is 15.8. The Morgan fingerprint density at radius 2 is 0.926 bits per heavy atom. The van der Waals surface area contributed by atoms with Gasteiger partial charge in [0.2, 0.25) is 0 Å². The molecule has 2 aliphatic rings. The molecule has 2 aliphatic heterocycles. The van der Waals surface area contributed by atoms with Crippen LogP contribution in [0.5, 0.6) is 0 Å². The molecule has 8 bridgehead atoms. The molecule has 0 saturated carbocycles. The maximum Gasteiger partial charge on any atom is 2.00 e. The van der Waals surface area contributed by atoms with Gasteiger partial charge in [-0.15, -0.1) is 22.1 Å². The Labute approximate surface area is 331 Å². The summed E-state index contributed by atoms with van der Waals surface area (Å²) in [5, 5.41) is 0. The van der Waals surface area contributed by atoms with E-state index >= 15 is 0 Å². The van der Waals surface area contributed by atoms with Gasteiger partial charge >= 0.3 is 17.1 Å². The van der Waals surface area contributed by atoms with Crippen molar-refractivity contribution >= 4 is 55.9 Å². The molecule has 1 radical (unpaired) electrons. The molecule has 54 heavy (non-hydrogen) atoms. The number of fused-ring (bicyclic) bond motifs is 8. The van der Waals surface area contributed by atoms with Gasteiger partial charge in [0.1, 0.15) is 5.78 Å². The summed E-state index contributed by atoms with van der Waals surface area (Å²) in [4.78, 5) is 49.3. The van der Waals surface area contributed by atoms with Crippen LogP contribution >= 0.6 is 0 Å². The average Bonchev–Trinajstić information content (AvgIpc) is 3.90. The number of nitrogens with zero attached hydrogens (tertiary/aromatic N) is 4. The van der Waals surface area contributed by atoms with E-state index in [1.54, 1.807) is 12.1 Å². The third kappa shape index (κ3) is 7.25. The molecule has 0 amide bonds. The second-order valence-electron chi connectivity index (χ2n) is 14.1. The summed E-state index contributed by atoms with van der Waals surface area (Å²) < 4.78 is 0. The number of rotatable bonds is 13. The third-order valence-electron chi connectivity index (χ3n) is 11.3. The first-order valence-corrected chi connectivity index (χ1v) is 19.9. The van der Waals surface area contributed by atoms with Crippen LogP contribution in [0.15, 0.2) is 48.5 Å². The standard InChI is InChI=1S/C47H54N4O2.Cu/c1-10-29-31(12-3)41-25-43-33(14-5)35(16-7)45(50-43)38(23-37(27(9)52)47(53)28-21-19-18-20-22-28)46-36(17-8)34(15-6)44(51-46)26-42-32(13-4)30(11-2)40(49-42)24-39(29)48-41;/h18-22,24-26,37H,10-17,23H2,1-9H3;/q-2;+2. The molecule has 6 rings (SSSR count). The monoisotopic (exact) mass is 769 g/mol. The number of carbonyl (C=O) groups excluding carboxylic acids is 2. The first kappa shape index (κ1) is 40.9. The molecule has 7 heteroatoms. The van der Waals surface area contributed by atoms with Gasteiger partial charge in [0.25, 0.3) is 0 Å². The molecule has 1 atom stereocenters. The smallest absolute Gasteiger partial charge is 0.657 e. The number of benzene rings is 1. The molecule has 1 aromatic carbocycles. The van der Waals surface area contributed by atoms with Crippen LogP contribution in [0.25, 0.3) is 44.4 Å². The van der Waals surface area contributed by atoms with Crippen molar-refractivity contribution in [3.63, 3.8) is 0 Å². The van der Waals surface area contributed by atoms with Gasteiger partial charge in [0, 0.05) is 5.56 Å². The molecular weight excluding hydrogens is 716 g/mol. The van der Waals surface area contributed by atoms with Crippen molar-refractivity contribution in [2.75, 3.05) is 0 Å². The van der Waals surface area contributed by atoms with Crippen molar-refractivity contribution in [1.29, 1.82) is 0 Å². The summed E-state index contributed by atoms with van der Waals surface area (Å²) in [5.41, 5.74) is 18.5. The van der Waals surface area contributed by atoms with Crippen LogP contribution in [0.3, 0.4) is 0 Å². The van der Waals surface area contributed by atoms with Crippen LogP contribution < -0.4 is 9.97 Å². The van der Waals surface area contributed by atoms with E-state index in [1.807, 2.05) is 18.2 Å². The van der Waals surface area contributed by atoms with Crippen LogP contribution in [0.1, 0.15) is 149 Å². The molecular formula is C47H54CuN4O2. The van der Waals surface area contributed by atoms with E-state index in [4.69, 9.17) is 19.9 Å². The first-order chi connectivity index (χ1) is 25.7. The molecule has 285 valence electrons. The van der Waals surface area contributed by atoms with Crippen molar-refractivity contribution in [3.8, 4) is 0 Å². The quantitative estimate of drug-likeness (QED) is 0.0764. The van der Waals surface area contributed by atoms with Crippen molar-refractivity contribution in [2.45, 2.75) is 120 Å². The second-order valence-corrected chi connectivity index (χ2v) is 14.1. The number of aryl methyl sites for hydroxylation is 4. The van der Waals surface area contributed by atoms with E-state index < -0.39 is 5.92 Å². The molecule has 0 spiro atoms. The molecule has 6 nitrogen and oxygen atoms in total. The Hall–Kier alpha value is -4.32. The van der Waals surface area contributed by atoms with Crippen LogP contribution in [0.2, 0.25) is 0 Å². The number of hydrogen-bond acceptors (Lipinski definition) is 4. The van der Waals surface area contributed by atoms with Gasteiger partial charge in [-0.25, -0.2) is 9.97 Å². The van der Waals surface area contributed by atoms with Gasteiger partial charge < -0.3 is 9.97 Å². The molecule has 0 aliphatic carbocycles. The van der Waals surface area contributed by atoms with Gasteiger partial charge in [-0.05, 0) is 93.1 Å². The first-order valence-electron chi connectivity index (χ1n) is 19.9. The molecule has 5 heterocycles. The van der Waals surface area contributed by atoms with Gasteiger partial charge in [-0.3, -0.25) is 9.59 Å². The summed E-state index contributed by atoms with van der Waals surface area (Å²) in [5.74, 6) is -1.20. The fourth-order valence-electron chi connectivity index (χ4n) is 8.72. The van der Waals surface area contributed by atoms with E-state index in [-0.39, 0.29) is 35.1 Å². The zero-order chi connectivity index (χ0) is 38.0. The van der Waals surface area contributed by atoms with Crippen molar-refractivity contribution in [2.24, 2.45) is 5.92 Å². The minimum Gasteiger partial charge on any atom is -0.657 e. The molecule has 4 aromatic rings. The molecule has 0 N–H and O–H groups in total. The minimum absolute atomic E-state index is 0. The molecule has 1 unspecified atom stereocenters. The van der Waals surface area contributed by atoms with Crippen LogP contribution in [-0.4, -0.2) is 21.5 Å². The maximum atomic E-state index is 14.2. The minimum atomic E-state index is -0.873. The molecule has 3 aromatic heterocycles. The zero-order valence-electron chi connectivity index (χ0n) is 33.5. The SMILES string of the molecule is CCC1=C(CC)c2cc3[n-]c(c(CC)c3CC)c(CC(C(C)=O)C(=O)c3ccccc3)c3[n-]c(cc4nc(cc1n2)C(CC)=C4CC)c(CC)c3CC.[Cu+2]. The topological polar surface area (TPSA) is 88.1 Å². The largest absolute Gasteiger partial charge is 2.00 e. The third-order valence-corrected chi connectivity index (χ3v) is 11.3. The van der Waals surface area contributed by atoms with Crippen molar-refractivity contribution in [1.82, 2.24) is 19.9 Å². The number of hydrogen-bond donors (Lipinski definition) is 0. The summed E-state index contributed by atoms with van der Waals surface area (Å²) in [7, 11) is 0. The van der Waals surface area contributed by atoms with Crippen molar-refractivity contribution in [3.05, 3.63) is 105 Å². The fourth-order valence-corrected chi connectivity index (χ4v) is 8.72. The Balaban J connectivity index is 0.00000561. The van der Waals surface area contributed by atoms with E-state index in [0.717, 1.165) is 113 Å². The normalized spacial score (nSPS) is 13.4. The van der Waals surface area contributed by atoms with Crippen LogP contribution in [-0.2, 0) is 54.0 Å². The molecule has 0 saturated heterocycles. The van der Waals surface area contributed by atoms with Gasteiger partial charge in [-0.2, -0.15) is 0 Å². The van der Waals surface area contributed by atoms with E-state index in [0.29, 0.717) is 5.56 Å². The van der Waals surface area contributed by atoms with Crippen LogP contribution in [0.4, 0.5) is 0 Å². The number of aromatic nitrogens is 4. The Morgan fingerprint density at radius 3 is 1.28 bits per heavy atom. The Bertz CT molecular complexity index is 2180. The van der Waals surface area contributed by atoms with E-state index in [2.05, 4.69) is 73.6 Å². The van der Waals surface area contributed by atoms with Gasteiger partial charge in [0.15, 0.2) is 5.78 Å².